The molecule has 1 saturated heterocycles. The van der Waals surface area contributed by atoms with Crippen molar-refractivity contribution in [2.75, 3.05) is 17.8 Å². The van der Waals surface area contributed by atoms with E-state index in [1.165, 1.54) is 24.3 Å². The van der Waals surface area contributed by atoms with E-state index in [-0.39, 0.29) is 22.5 Å². The van der Waals surface area contributed by atoms with Crippen LogP contribution in [0.5, 0.6) is 0 Å². The number of carbonyl (C=O) groups excluding carboxylic acids is 2. The molecule has 1 aliphatic carbocycles. The summed E-state index contributed by atoms with van der Waals surface area (Å²) in [5.41, 5.74) is -0.233. The number of rotatable bonds is 4. The number of nitrogens with zero attached hydrogens (tertiary/aromatic N) is 1. The number of nitrogens with one attached hydrogen (secondary N) is 1. The lowest BCUT2D eigenvalue weighted by Crippen LogP contribution is -2.40. The molecule has 0 saturated carbocycles. The van der Waals surface area contributed by atoms with Crippen molar-refractivity contribution in [3.8, 4) is 0 Å². The number of halogens is 2. The maximum atomic E-state index is 14.3. The lowest BCUT2D eigenvalue weighted by molar-refractivity contribution is 0.0939. The lowest BCUT2D eigenvalue weighted by atomic mass is 9.91. The zero-order chi connectivity index (χ0) is 21.5. The highest BCUT2D eigenvalue weighted by Gasteiger charge is 2.41. The van der Waals surface area contributed by atoms with Crippen molar-refractivity contribution in [1.29, 1.82) is 0 Å². The molecular formula is C21H18BrFN2O4S. The average Bonchev–Trinajstić information content (AvgIpc) is 2.73. The monoisotopic (exact) mass is 492 g/mol. The van der Waals surface area contributed by atoms with Gasteiger partial charge in [0.05, 0.1) is 5.69 Å². The number of sulfonamides is 1. The van der Waals surface area contributed by atoms with Gasteiger partial charge in [-0.3, -0.25) is 14.3 Å². The van der Waals surface area contributed by atoms with Crippen LogP contribution in [0.3, 0.4) is 0 Å². The number of piperidine rings is 1. The Hall–Kier alpha value is -2.52. The fraction of sp³-hybridized carbons (Fsp3) is 0.238. The standard InChI is InChI=1S/C21H18BrFN2O4S/c22-13-8-9-17(16(23)12-13)24-30(28,29)21-18(25-10-4-1-5-11-25)19(26)14-6-2-3-7-15(14)20(21)27/h2-3,6-9,12,24H,1,4-5,10-11H2. The van der Waals surface area contributed by atoms with E-state index in [4.69, 9.17) is 0 Å². The van der Waals surface area contributed by atoms with Crippen LogP contribution in [0.4, 0.5) is 10.1 Å². The van der Waals surface area contributed by atoms with Gasteiger partial charge in [-0.15, -0.1) is 0 Å². The van der Waals surface area contributed by atoms with Crippen molar-refractivity contribution < 1.29 is 22.4 Å². The molecule has 0 bridgehead atoms. The Labute approximate surface area is 181 Å². The minimum atomic E-state index is -4.53. The Bertz CT molecular complexity index is 1190. The maximum Gasteiger partial charge on any atom is 0.268 e. The first-order valence-electron chi connectivity index (χ1n) is 9.45. The number of hydrogen-bond donors (Lipinski definition) is 1. The number of benzene rings is 2. The maximum absolute atomic E-state index is 14.3. The molecule has 30 heavy (non-hydrogen) atoms. The molecule has 2 aromatic carbocycles. The normalized spacial score (nSPS) is 17.2. The molecule has 4 rings (SSSR count). The van der Waals surface area contributed by atoms with Crippen molar-refractivity contribution in [3.05, 3.63) is 74.5 Å². The zero-order valence-electron chi connectivity index (χ0n) is 15.8. The average molecular weight is 493 g/mol. The van der Waals surface area contributed by atoms with E-state index in [9.17, 15) is 22.4 Å². The van der Waals surface area contributed by atoms with Crippen LogP contribution >= 0.6 is 15.9 Å². The highest BCUT2D eigenvalue weighted by molar-refractivity contribution is 9.10. The van der Waals surface area contributed by atoms with Crippen LogP contribution in [0.15, 0.2) is 57.5 Å². The van der Waals surface area contributed by atoms with E-state index in [1.54, 1.807) is 17.0 Å². The minimum absolute atomic E-state index is 0.0277. The number of Topliss-reactive ketones (excluding diaryl/α,β-unsaturated/α-hetero) is 2. The highest BCUT2D eigenvalue weighted by Crippen LogP contribution is 2.34. The molecular weight excluding hydrogens is 475 g/mol. The smallest absolute Gasteiger partial charge is 0.268 e. The van der Waals surface area contributed by atoms with Gasteiger partial charge in [0.2, 0.25) is 11.6 Å². The van der Waals surface area contributed by atoms with Gasteiger partial charge in [0.15, 0.2) is 4.91 Å². The second-order valence-electron chi connectivity index (χ2n) is 7.16. The van der Waals surface area contributed by atoms with E-state index in [0.29, 0.717) is 17.6 Å². The van der Waals surface area contributed by atoms with Gasteiger partial charge in [-0.25, -0.2) is 12.8 Å². The van der Waals surface area contributed by atoms with Crippen LogP contribution in [-0.2, 0) is 10.0 Å². The molecule has 1 N–H and O–H groups in total. The van der Waals surface area contributed by atoms with Crippen molar-refractivity contribution in [1.82, 2.24) is 4.90 Å². The third kappa shape index (κ3) is 3.67. The van der Waals surface area contributed by atoms with Gasteiger partial charge in [0, 0.05) is 28.7 Å². The van der Waals surface area contributed by atoms with E-state index >= 15 is 0 Å². The van der Waals surface area contributed by atoms with Crippen LogP contribution in [0.25, 0.3) is 0 Å². The van der Waals surface area contributed by atoms with Gasteiger partial charge in [-0.1, -0.05) is 40.2 Å². The van der Waals surface area contributed by atoms with Crippen LogP contribution in [0.1, 0.15) is 40.0 Å². The minimum Gasteiger partial charge on any atom is -0.367 e. The summed E-state index contributed by atoms with van der Waals surface area (Å²) in [6.07, 6.45) is 2.54. The Kier molecular flexibility index (Phi) is 5.50. The number of likely N-dealkylation sites (tertiary alicyclic amines) is 1. The molecule has 0 unspecified atom stereocenters. The summed E-state index contributed by atoms with van der Waals surface area (Å²) in [5.74, 6) is -2.08. The molecule has 9 heteroatoms. The van der Waals surface area contributed by atoms with Crippen molar-refractivity contribution in [3.63, 3.8) is 0 Å². The highest BCUT2D eigenvalue weighted by atomic mass is 79.9. The zero-order valence-corrected chi connectivity index (χ0v) is 18.2. The summed E-state index contributed by atoms with van der Waals surface area (Å²) in [6.45, 7) is 0.949. The molecule has 6 nitrogen and oxygen atoms in total. The number of ketones is 2. The summed E-state index contributed by atoms with van der Waals surface area (Å²) in [5, 5.41) is 0. The largest absolute Gasteiger partial charge is 0.367 e. The Morgan fingerprint density at radius 1 is 0.933 bits per heavy atom. The first-order valence-corrected chi connectivity index (χ1v) is 11.7. The third-order valence-corrected chi connectivity index (χ3v) is 7.07. The number of carbonyl (C=O) groups is 2. The fourth-order valence-electron chi connectivity index (χ4n) is 3.76. The number of hydrogen-bond acceptors (Lipinski definition) is 5. The fourth-order valence-corrected chi connectivity index (χ4v) is 5.48. The molecule has 2 aliphatic rings. The molecule has 1 fully saturated rings. The van der Waals surface area contributed by atoms with Gasteiger partial charge < -0.3 is 4.90 Å². The Balaban J connectivity index is 1.87. The quantitative estimate of drug-likeness (QED) is 0.694. The molecule has 0 spiro atoms. The molecule has 0 amide bonds. The van der Waals surface area contributed by atoms with E-state index < -0.39 is 32.3 Å². The summed E-state index contributed by atoms with van der Waals surface area (Å²) in [6, 6.07) is 9.99. The van der Waals surface area contributed by atoms with Gasteiger partial charge in [0.25, 0.3) is 10.0 Å². The van der Waals surface area contributed by atoms with E-state index in [2.05, 4.69) is 20.7 Å². The molecule has 0 atom stereocenters. The van der Waals surface area contributed by atoms with Gasteiger partial charge in [0.1, 0.15) is 11.5 Å². The van der Waals surface area contributed by atoms with E-state index in [1.807, 2.05) is 0 Å². The summed E-state index contributed by atoms with van der Waals surface area (Å²) in [4.78, 5) is 27.5. The SMILES string of the molecule is O=C1C(N2CCCCC2)=C(S(=O)(=O)Nc2ccc(Br)cc2F)C(=O)c2ccccc21. The van der Waals surface area contributed by atoms with Crippen LogP contribution in [0.2, 0.25) is 0 Å². The summed E-state index contributed by atoms with van der Waals surface area (Å²) >= 11 is 3.12. The topological polar surface area (TPSA) is 83.6 Å². The lowest BCUT2D eigenvalue weighted by Gasteiger charge is -2.33. The first kappa shape index (κ1) is 20.7. The molecule has 156 valence electrons. The second kappa shape index (κ2) is 7.96. The first-order chi connectivity index (χ1) is 14.3. The predicted molar refractivity (Wildman–Crippen MR) is 114 cm³/mol. The third-order valence-electron chi connectivity index (χ3n) is 5.17. The molecule has 2 aromatic rings. The Morgan fingerprint density at radius 2 is 1.57 bits per heavy atom. The van der Waals surface area contributed by atoms with E-state index in [0.717, 1.165) is 25.3 Å². The second-order valence-corrected chi connectivity index (χ2v) is 9.69. The van der Waals surface area contributed by atoms with Gasteiger partial charge >= 0.3 is 0 Å². The Morgan fingerprint density at radius 3 is 2.20 bits per heavy atom. The summed E-state index contributed by atoms with van der Waals surface area (Å²) < 4.78 is 43.4. The molecule has 1 heterocycles. The van der Waals surface area contributed by atoms with Crippen LogP contribution in [0, 0.1) is 5.82 Å². The van der Waals surface area contributed by atoms with Crippen molar-refractivity contribution in [2.24, 2.45) is 0 Å². The van der Waals surface area contributed by atoms with Gasteiger partial charge in [-0.2, -0.15) is 0 Å². The number of allylic oxidation sites excluding steroid dienone is 2. The predicted octanol–water partition coefficient (Wildman–Crippen LogP) is 4.11. The molecule has 0 radical (unpaired) electrons. The van der Waals surface area contributed by atoms with Crippen LogP contribution in [-0.4, -0.2) is 38.0 Å². The summed E-state index contributed by atoms with van der Waals surface area (Å²) in [7, 11) is -4.53. The molecule has 0 aromatic heterocycles. The van der Waals surface area contributed by atoms with Gasteiger partial charge in [-0.05, 0) is 37.5 Å². The van der Waals surface area contributed by atoms with Crippen molar-refractivity contribution in [2.45, 2.75) is 19.3 Å². The van der Waals surface area contributed by atoms with Crippen LogP contribution < -0.4 is 4.72 Å². The van der Waals surface area contributed by atoms with Crippen molar-refractivity contribution >= 4 is 43.2 Å². The number of anilines is 1. The number of fused-ring (bicyclic) bond motifs is 1. The molecule has 1 aliphatic heterocycles.